The van der Waals surface area contributed by atoms with Crippen molar-refractivity contribution >= 4 is 11.6 Å². The van der Waals surface area contributed by atoms with Gasteiger partial charge in [-0.3, -0.25) is 9.69 Å². The number of piperazine rings is 1. The van der Waals surface area contributed by atoms with Gasteiger partial charge in [0.25, 0.3) is 5.91 Å². The molecule has 3 rings (SSSR count). The van der Waals surface area contributed by atoms with E-state index in [9.17, 15) is 4.79 Å². The molecule has 6 nitrogen and oxygen atoms in total. The second-order valence-electron chi connectivity index (χ2n) is 7.77. The summed E-state index contributed by atoms with van der Waals surface area (Å²) in [5.74, 6) is 0.613. The van der Waals surface area contributed by atoms with Gasteiger partial charge < -0.3 is 20.3 Å². The Labute approximate surface area is 173 Å². The largest absolute Gasteiger partial charge is 0.497 e. The number of carbonyl (C=O) groups excluding carboxylic acids is 1. The van der Waals surface area contributed by atoms with Crippen LogP contribution in [0.15, 0.2) is 48.5 Å². The van der Waals surface area contributed by atoms with Gasteiger partial charge in [0, 0.05) is 56.6 Å². The number of hydrogen-bond acceptors (Lipinski definition) is 5. The zero-order chi connectivity index (χ0) is 20.6. The third-order valence-corrected chi connectivity index (χ3v) is 5.32. The van der Waals surface area contributed by atoms with E-state index >= 15 is 0 Å². The molecule has 1 unspecified atom stereocenters. The first-order valence-electron chi connectivity index (χ1n) is 10.2. The number of amides is 1. The fourth-order valence-electron chi connectivity index (χ4n) is 3.48. The third kappa shape index (κ3) is 6.56. The Morgan fingerprint density at radius 1 is 1.10 bits per heavy atom. The minimum atomic E-state index is -0.124. The first-order chi connectivity index (χ1) is 14.0. The normalized spacial score (nSPS) is 16.4. The number of nitrogens with zero attached hydrogens (tertiary/aromatic N) is 2. The van der Waals surface area contributed by atoms with Crippen molar-refractivity contribution in [1.82, 2.24) is 15.1 Å². The van der Waals surface area contributed by atoms with Crippen molar-refractivity contribution in [3.63, 3.8) is 0 Å². The smallest absolute Gasteiger partial charge is 0.255 e. The van der Waals surface area contributed by atoms with Crippen molar-refractivity contribution in [1.29, 1.82) is 0 Å². The molecule has 0 radical (unpaired) electrons. The lowest BCUT2D eigenvalue weighted by Gasteiger charge is -2.34. The summed E-state index contributed by atoms with van der Waals surface area (Å²) in [6, 6.07) is 15.5. The minimum Gasteiger partial charge on any atom is -0.497 e. The zero-order valence-electron chi connectivity index (χ0n) is 17.6. The summed E-state index contributed by atoms with van der Waals surface area (Å²) in [6.45, 7) is 8.62. The highest BCUT2D eigenvalue weighted by molar-refractivity contribution is 6.04. The Morgan fingerprint density at radius 2 is 1.83 bits per heavy atom. The zero-order valence-corrected chi connectivity index (χ0v) is 17.6. The van der Waals surface area contributed by atoms with E-state index in [1.165, 1.54) is 0 Å². The summed E-state index contributed by atoms with van der Waals surface area (Å²) in [7, 11) is 3.79. The van der Waals surface area contributed by atoms with Crippen molar-refractivity contribution in [3.05, 3.63) is 59.7 Å². The van der Waals surface area contributed by atoms with E-state index in [1.54, 1.807) is 31.4 Å². The summed E-state index contributed by atoms with van der Waals surface area (Å²) in [5.41, 5.74) is 2.56. The molecular formula is C23H32N4O2. The highest BCUT2D eigenvalue weighted by Gasteiger charge is 2.15. The van der Waals surface area contributed by atoms with Crippen LogP contribution in [0.2, 0.25) is 0 Å². The Bertz CT molecular complexity index is 786. The fourth-order valence-corrected chi connectivity index (χ4v) is 3.48. The molecule has 1 atom stereocenters. The molecule has 1 aliphatic heterocycles. The van der Waals surface area contributed by atoms with Crippen LogP contribution in [0, 0.1) is 0 Å². The number of carbonyl (C=O) groups is 1. The Kier molecular flexibility index (Phi) is 7.63. The van der Waals surface area contributed by atoms with Gasteiger partial charge in [-0.2, -0.15) is 0 Å². The van der Waals surface area contributed by atoms with Gasteiger partial charge in [0.2, 0.25) is 0 Å². The van der Waals surface area contributed by atoms with Crippen LogP contribution in [0.4, 0.5) is 5.69 Å². The second kappa shape index (κ2) is 10.4. The summed E-state index contributed by atoms with van der Waals surface area (Å²) in [6.07, 6.45) is 0. The van der Waals surface area contributed by atoms with Crippen LogP contribution in [0.3, 0.4) is 0 Å². The molecule has 1 heterocycles. The number of anilines is 1. The number of rotatable bonds is 8. The lowest BCUT2D eigenvalue weighted by Crippen LogP contribution is -2.48. The molecule has 0 spiro atoms. The van der Waals surface area contributed by atoms with Crippen molar-refractivity contribution < 1.29 is 9.53 Å². The molecule has 6 heteroatoms. The van der Waals surface area contributed by atoms with Crippen molar-refractivity contribution in [2.24, 2.45) is 0 Å². The van der Waals surface area contributed by atoms with Crippen LogP contribution >= 0.6 is 0 Å². The van der Waals surface area contributed by atoms with Gasteiger partial charge in [-0.05, 0) is 55.9 Å². The van der Waals surface area contributed by atoms with E-state index in [0.29, 0.717) is 11.6 Å². The summed E-state index contributed by atoms with van der Waals surface area (Å²) in [4.78, 5) is 17.4. The summed E-state index contributed by atoms with van der Waals surface area (Å²) >= 11 is 0. The Balaban J connectivity index is 1.49. The van der Waals surface area contributed by atoms with Crippen LogP contribution in [0.5, 0.6) is 5.75 Å². The Hall–Kier alpha value is -2.41. The minimum absolute atomic E-state index is 0.124. The maximum absolute atomic E-state index is 12.5. The lowest BCUT2D eigenvalue weighted by atomic mass is 10.1. The molecule has 0 bridgehead atoms. The molecule has 2 aromatic rings. The van der Waals surface area contributed by atoms with Crippen LogP contribution < -0.4 is 15.4 Å². The third-order valence-electron chi connectivity index (χ3n) is 5.32. The number of methoxy groups -OCH3 is 1. The molecule has 1 amide bonds. The fraction of sp³-hybridized carbons (Fsp3) is 0.435. The van der Waals surface area contributed by atoms with Crippen LogP contribution in [-0.4, -0.2) is 68.6 Å². The average Bonchev–Trinajstić information content (AvgIpc) is 2.74. The van der Waals surface area contributed by atoms with E-state index in [0.717, 1.165) is 56.3 Å². The predicted molar refractivity (Wildman–Crippen MR) is 118 cm³/mol. The van der Waals surface area contributed by atoms with E-state index in [4.69, 9.17) is 4.74 Å². The molecule has 2 N–H and O–H groups in total. The predicted octanol–water partition coefficient (Wildman–Crippen LogP) is 2.67. The van der Waals surface area contributed by atoms with E-state index in [-0.39, 0.29) is 5.91 Å². The molecule has 1 fully saturated rings. The van der Waals surface area contributed by atoms with Crippen LogP contribution in [0.1, 0.15) is 22.8 Å². The number of nitrogens with one attached hydrogen (secondary N) is 2. The van der Waals surface area contributed by atoms with Gasteiger partial charge >= 0.3 is 0 Å². The van der Waals surface area contributed by atoms with Crippen molar-refractivity contribution in [2.45, 2.75) is 19.5 Å². The SMILES string of the molecule is COc1ccc(C(=O)Nc2cccc(CNC(C)CN3CCN(C)CC3)c2)cc1. The first kappa shape index (κ1) is 21.3. The quantitative estimate of drug-likeness (QED) is 0.719. The van der Waals surface area contributed by atoms with Crippen molar-refractivity contribution in [3.8, 4) is 5.75 Å². The van der Waals surface area contributed by atoms with E-state index in [1.807, 2.05) is 18.2 Å². The van der Waals surface area contributed by atoms with E-state index in [2.05, 4.69) is 40.5 Å². The van der Waals surface area contributed by atoms with Gasteiger partial charge in [-0.1, -0.05) is 12.1 Å². The molecule has 0 aromatic heterocycles. The van der Waals surface area contributed by atoms with Gasteiger partial charge in [0.1, 0.15) is 5.75 Å². The second-order valence-corrected chi connectivity index (χ2v) is 7.77. The Morgan fingerprint density at radius 3 is 2.52 bits per heavy atom. The molecule has 1 saturated heterocycles. The summed E-state index contributed by atoms with van der Waals surface area (Å²) < 4.78 is 5.14. The number of hydrogen-bond donors (Lipinski definition) is 2. The molecule has 29 heavy (non-hydrogen) atoms. The standard InChI is InChI=1S/C23H32N4O2/c1-18(17-27-13-11-26(2)12-14-27)24-16-19-5-4-6-21(15-19)25-23(28)20-7-9-22(29-3)10-8-20/h4-10,15,18,24H,11-14,16-17H2,1-3H3,(H,25,28). The van der Waals surface area contributed by atoms with Gasteiger partial charge in [0.05, 0.1) is 7.11 Å². The van der Waals surface area contributed by atoms with Gasteiger partial charge in [-0.15, -0.1) is 0 Å². The van der Waals surface area contributed by atoms with Crippen molar-refractivity contribution in [2.75, 3.05) is 52.2 Å². The van der Waals surface area contributed by atoms with Crippen LogP contribution in [0.25, 0.3) is 0 Å². The molecule has 0 aliphatic carbocycles. The average molecular weight is 397 g/mol. The molecule has 156 valence electrons. The van der Waals surface area contributed by atoms with Gasteiger partial charge in [0.15, 0.2) is 0 Å². The molecule has 0 saturated carbocycles. The number of ether oxygens (including phenoxy) is 1. The lowest BCUT2D eigenvalue weighted by molar-refractivity contribution is 0.102. The topological polar surface area (TPSA) is 56.8 Å². The highest BCUT2D eigenvalue weighted by atomic mass is 16.5. The number of benzene rings is 2. The maximum Gasteiger partial charge on any atom is 0.255 e. The summed E-state index contributed by atoms with van der Waals surface area (Å²) in [5, 5.41) is 6.57. The monoisotopic (exact) mass is 396 g/mol. The van der Waals surface area contributed by atoms with Gasteiger partial charge in [-0.25, -0.2) is 0 Å². The maximum atomic E-state index is 12.5. The molecule has 1 aliphatic rings. The number of likely N-dealkylation sites (N-methyl/N-ethyl adjacent to an activating group) is 1. The van der Waals surface area contributed by atoms with E-state index < -0.39 is 0 Å². The molecule has 2 aromatic carbocycles. The first-order valence-corrected chi connectivity index (χ1v) is 10.2. The molecular weight excluding hydrogens is 364 g/mol. The highest BCUT2D eigenvalue weighted by Crippen LogP contribution is 2.15. The van der Waals surface area contributed by atoms with Crippen LogP contribution in [-0.2, 0) is 6.54 Å².